The van der Waals surface area contributed by atoms with Crippen LogP contribution < -0.4 is 5.73 Å². The Balaban J connectivity index is 2.17. The Hall–Kier alpha value is -0.930. The van der Waals surface area contributed by atoms with Gasteiger partial charge >= 0.3 is 0 Å². The molecule has 0 amide bonds. The van der Waals surface area contributed by atoms with Gasteiger partial charge in [-0.05, 0) is 24.8 Å². The fourth-order valence-corrected chi connectivity index (χ4v) is 1.66. The molecular formula is C11H14FNO. The predicted octanol–water partition coefficient (Wildman–Crippen LogP) is 1.60. The lowest BCUT2D eigenvalue weighted by molar-refractivity contribution is 0.121. The Bertz CT molecular complexity index is 325. The number of aliphatic hydroxyl groups excluding tert-OH is 1. The summed E-state index contributed by atoms with van der Waals surface area (Å²) in [7, 11) is 0. The quantitative estimate of drug-likeness (QED) is 0.769. The zero-order valence-corrected chi connectivity index (χ0v) is 7.86. The molecular weight excluding hydrogens is 181 g/mol. The highest BCUT2D eigenvalue weighted by molar-refractivity contribution is 5.22. The molecule has 0 aliphatic heterocycles. The first-order valence-corrected chi connectivity index (χ1v) is 4.88. The number of hydrogen-bond acceptors (Lipinski definition) is 2. The summed E-state index contributed by atoms with van der Waals surface area (Å²) in [4.78, 5) is 0. The van der Waals surface area contributed by atoms with Gasteiger partial charge in [-0.1, -0.05) is 18.2 Å². The van der Waals surface area contributed by atoms with E-state index in [1.54, 1.807) is 18.2 Å². The van der Waals surface area contributed by atoms with Crippen LogP contribution in [0.25, 0.3) is 0 Å². The van der Waals surface area contributed by atoms with Crippen molar-refractivity contribution in [2.45, 2.75) is 25.0 Å². The summed E-state index contributed by atoms with van der Waals surface area (Å²) in [6.07, 6.45) is 1.40. The van der Waals surface area contributed by atoms with Gasteiger partial charge in [-0.25, -0.2) is 4.39 Å². The van der Waals surface area contributed by atoms with E-state index in [0.29, 0.717) is 5.56 Å². The summed E-state index contributed by atoms with van der Waals surface area (Å²) >= 11 is 0. The minimum absolute atomic E-state index is 0.268. The van der Waals surface area contributed by atoms with E-state index in [-0.39, 0.29) is 11.7 Å². The van der Waals surface area contributed by atoms with Crippen molar-refractivity contribution in [2.24, 2.45) is 11.7 Å². The van der Waals surface area contributed by atoms with Crippen molar-refractivity contribution in [1.82, 2.24) is 0 Å². The van der Waals surface area contributed by atoms with E-state index in [0.717, 1.165) is 12.8 Å². The molecule has 1 aromatic carbocycles. The molecule has 1 aromatic rings. The normalized spacial score (nSPS) is 20.5. The maximum Gasteiger partial charge on any atom is 0.128 e. The molecule has 3 N–H and O–H groups in total. The van der Waals surface area contributed by atoms with Crippen LogP contribution in [0.3, 0.4) is 0 Å². The maximum atomic E-state index is 13.3. The van der Waals surface area contributed by atoms with E-state index in [1.165, 1.54) is 6.07 Å². The lowest BCUT2D eigenvalue weighted by atomic mass is 9.99. The monoisotopic (exact) mass is 195 g/mol. The zero-order chi connectivity index (χ0) is 10.1. The minimum Gasteiger partial charge on any atom is -0.391 e. The second-order valence-corrected chi connectivity index (χ2v) is 3.88. The molecule has 14 heavy (non-hydrogen) atoms. The molecule has 0 radical (unpaired) electrons. The maximum absolute atomic E-state index is 13.3. The number of hydrogen-bond donors (Lipinski definition) is 2. The van der Waals surface area contributed by atoms with E-state index < -0.39 is 12.1 Å². The molecule has 1 aliphatic carbocycles. The van der Waals surface area contributed by atoms with E-state index in [2.05, 4.69) is 0 Å². The zero-order valence-electron chi connectivity index (χ0n) is 7.86. The molecule has 1 aliphatic rings. The Labute approximate surface area is 82.5 Å². The molecule has 0 aromatic heterocycles. The van der Waals surface area contributed by atoms with E-state index in [4.69, 9.17) is 5.73 Å². The fourth-order valence-electron chi connectivity index (χ4n) is 1.66. The second kappa shape index (κ2) is 3.67. The second-order valence-electron chi connectivity index (χ2n) is 3.88. The van der Waals surface area contributed by atoms with Crippen molar-refractivity contribution in [3.8, 4) is 0 Å². The van der Waals surface area contributed by atoms with E-state index in [9.17, 15) is 9.50 Å². The van der Waals surface area contributed by atoms with Crippen LogP contribution in [0.5, 0.6) is 0 Å². The summed E-state index contributed by atoms with van der Waals surface area (Å²) in [5.74, 6) is -0.0655. The first-order valence-electron chi connectivity index (χ1n) is 4.88. The van der Waals surface area contributed by atoms with Crippen LogP contribution in [0.2, 0.25) is 0 Å². The molecule has 1 saturated carbocycles. The molecule has 0 unspecified atom stereocenters. The van der Waals surface area contributed by atoms with Crippen molar-refractivity contribution < 1.29 is 9.50 Å². The van der Waals surface area contributed by atoms with Gasteiger partial charge in [0.2, 0.25) is 0 Å². The first kappa shape index (κ1) is 9.62. The van der Waals surface area contributed by atoms with Gasteiger partial charge in [-0.3, -0.25) is 0 Å². The van der Waals surface area contributed by atoms with Gasteiger partial charge in [0.25, 0.3) is 0 Å². The molecule has 0 saturated heterocycles. The molecule has 76 valence electrons. The Morgan fingerprint density at radius 2 is 2.00 bits per heavy atom. The fraction of sp³-hybridized carbons (Fsp3) is 0.455. The van der Waals surface area contributed by atoms with Crippen molar-refractivity contribution in [2.75, 3.05) is 0 Å². The summed E-state index contributed by atoms with van der Waals surface area (Å²) < 4.78 is 13.3. The van der Waals surface area contributed by atoms with Crippen LogP contribution in [0.15, 0.2) is 24.3 Å². The van der Waals surface area contributed by atoms with Crippen molar-refractivity contribution in [3.05, 3.63) is 35.6 Å². The number of aliphatic hydroxyl groups is 1. The molecule has 0 heterocycles. The third-order valence-corrected chi connectivity index (χ3v) is 2.74. The van der Waals surface area contributed by atoms with Gasteiger partial charge in [0, 0.05) is 5.56 Å². The minimum atomic E-state index is -0.605. The smallest absolute Gasteiger partial charge is 0.128 e. The van der Waals surface area contributed by atoms with E-state index >= 15 is 0 Å². The van der Waals surface area contributed by atoms with Gasteiger partial charge in [0.1, 0.15) is 5.82 Å². The average molecular weight is 195 g/mol. The Morgan fingerprint density at radius 1 is 1.36 bits per heavy atom. The van der Waals surface area contributed by atoms with Crippen molar-refractivity contribution >= 4 is 0 Å². The predicted molar refractivity (Wildman–Crippen MR) is 52.1 cm³/mol. The molecule has 2 rings (SSSR count). The summed E-state index contributed by atoms with van der Waals surface area (Å²) in [6, 6.07) is 5.76. The third kappa shape index (κ3) is 1.79. The van der Waals surface area contributed by atoms with Crippen LogP contribution >= 0.6 is 0 Å². The number of benzene rings is 1. The van der Waals surface area contributed by atoms with E-state index in [1.807, 2.05) is 0 Å². The van der Waals surface area contributed by atoms with Gasteiger partial charge in [0.15, 0.2) is 0 Å². The molecule has 2 atom stereocenters. The highest BCUT2D eigenvalue weighted by Gasteiger charge is 2.34. The SMILES string of the molecule is N[C@@H](c1ccccc1F)[C@H](O)C1CC1. The van der Waals surface area contributed by atoms with Crippen LogP contribution in [-0.4, -0.2) is 11.2 Å². The Kier molecular flexibility index (Phi) is 2.52. The van der Waals surface area contributed by atoms with Gasteiger partial charge < -0.3 is 10.8 Å². The largest absolute Gasteiger partial charge is 0.391 e. The highest BCUT2D eigenvalue weighted by Crippen LogP contribution is 2.37. The van der Waals surface area contributed by atoms with Crippen LogP contribution in [-0.2, 0) is 0 Å². The first-order chi connectivity index (χ1) is 6.70. The number of halogens is 1. The van der Waals surface area contributed by atoms with Crippen LogP contribution in [0.1, 0.15) is 24.4 Å². The molecule has 0 bridgehead atoms. The van der Waals surface area contributed by atoms with Gasteiger partial charge in [-0.15, -0.1) is 0 Å². The van der Waals surface area contributed by atoms with Gasteiger partial charge in [-0.2, -0.15) is 0 Å². The number of rotatable bonds is 3. The summed E-state index contributed by atoms with van der Waals surface area (Å²) in [6.45, 7) is 0. The molecule has 0 spiro atoms. The number of nitrogens with two attached hydrogens (primary N) is 1. The summed E-state index contributed by atoms with van der Waals surface area (Å²) in [5, 5.41) is 9.74. The lowest BCUT2D eigenvalue weighted by Gasteiger charge is -2.19. The highest BCUT2D eigenvalue weighted by atomic mass is 19.1. The third-order valence-electron chi connectivity index (χ3n) is 2.74. The summed E-state index contributed by atoms with van der Waals surface area (Å²) in [5.41, 5.74) is 6.20. The Morgan fingerprint density at radius 3 is 2.57 bits per heavy atom. The molecule has 2 nitrogen and oxygen atoms in total. The van der Waals surface area contributed by atoms with Crippen molar-refractivity contribution in [1.29, 1.82) is 0 Å². The average Bonchev–Trinajstić information content (AvgIpc) is 3.00. The molecule has 1 fully saturated rings. The topological polar surface area (TPSA) is 46.2 Å². The van der Waals surface area contributed by atoms with Crippen molar-refractivity contribution in [3.63, 3.8) is 0 Å². The molecule has 3 heteroatoms. The standard InChI is InChI=1S/C11H14FNO/c12-9-4-2-1-3-8(9)10(13)11(14)7-5-6-7/h1-4,7,10-11,14H,5-6,13H2/t10-,11+/m0/s1. The van der Waals surface area contributed by atoms with Crippen LogP contribution in [0, 0.1) is 11.7 Å². The lowest BCUT2D eigenvalue weighted by Crippen LogP contribution is -2.28. The van der Waals surface area contributed by atoms with Crippen LogP contribution in [0.4, 0.5) is 4.39 Å². The van der Waals surface area contributed by atoms with Gasteiger partial charge in [0.05, 0.1) is 12.1 Å².